The Kier molecular flexibility index (Phi) is 9.10. The second kappa shape index (κ2) is 10.3. The number of rotatable bonds is 5. The van der Waals surface area contributed by atoms with Gasteiger partial charge in [-0.2, -0.15) is 0 Å². The first-order chi connectivity index (χ1) is 11.6. The molecular formula is C18H28Cl2FN3O2. The van der Waals surface area contributed by atoms with E-state index in [9.17, 15) is 9.18 Å². The number of halogens is 3. The van der Waals surface area contributed by atoms with Crippen LogP contribution in [0.15, 0.2) is 18.2 Å². The molecule has 148 valence electrons. The van der Waals surface area contributed by atoms with E-state index in [1.807, 2.05) is 11.0 Å². The Labute approximate surface area is 166 Å². The molecule has 3 rings (SSSR count). The highest BCUT2D eigenvalue weighted by atomic mass is 35.5. The number of nitrogens with zero attached hydrogens (tertiary/aromatic N) is 2. The Balaban J connectivity index is 0.00000169. The van der Waals surface area contributed by atoms with Crippen molar-refractivity contribution in [1.82, 2.24) is 9.80 Å². The van der Waals surface area contributed by atoms with E-state index in [4.69, 9.17) is 10.5 Å². The third kappa shape index (κ3) is 5.00. The molecule has 0 spiro atoms. The van der Waals surface area contributed by atoms with Crippen LogP contribution in [0, 0.1) is 11.7 Å². The number of carbonyl (C=O) groups excluding carboxylic acids is 1. The molecule has 2 heterocycles. The second-order valence-corrected chi connectivity index (χ2v) is 6.73. The van der Waals surface area contributed by atoms with Gasteiger partial charge in [0.15, 0.2) is 11.6 Å². The van der Waals surface area contributed by atoms with Gasteiger partial charge in [-0.05, 0) is 36.5 Å². The topological polar surface area (TPSA) is 58.8 Å². The summed E-state index contributed by atoms with van der Waals surface area (Å²) in [6, 6.07) is 5.37. The summed E-state index contributed by atoms with van der Waals surface area (Å²) in [6.07, 6.45) is 2.56. The monoisotopic (exact) mass is 407 g/mol. The fourth-order valence-corrected chi connectivity index (χ4v) is 4.06. The molecule has 2 fully saturated rings. The highest BCUT2D eigenvalue weighted by Gasteiger charge is 2.38. The van der Waals surface area contributed by atoms with E-state index in [0.29, 0.717) is 37.2 Å². The smallest absolute Gasteiger partial charge is 0.222 e. The first kappa shape index (κ1) is 23.0. The zero-order chi connectivity index (χ0) is 17.1. The van der Waals surface area contributed by atoms with Gasteiger partial charge in [-0.25, -0.2) is 4.39 Å². The summed E-state index contributed by atoms with van der Waals surface area (Å²) >= 11 is 0. The zero-order valence-electron chi connectivity index (χ0n) is 15.0. The lowest BCUT2D eigenvalue weighted by atomic mass is 9.83. The number of likely N-dealkylation sites (tertiary alicyclic amines) is 2. The summed E-state index contributed by atoms with van der Waals surface area (Å²) in [6.45, 7) is 3.88. The summed E-state index contributed by atoms with van der Waals surface area (Å²) in [5, 5.41) is 0. The van der Waals surface area contributed by atoms with Gasteiger partial charge in [0.25, 0.3) is 0 Å². The van der Waals surface area contributed by atoms with Crippen molar-refractivity contribution in [1.29, 1.82) is 0 Å². The highest BCUT2D eigenvalue weighted by Crippen LogP contribution is 2.32. The fraction of sp³-hybridized carbons (Fsp3) is 0.611. The van der Waals surface area contributed by atoms with Crippen molar-refractivity contribution < 1.29 is 13.9 Å². The van der Waals surface area contributed by atoms with Gasteiger partial charge < -0.3 is 15.4 Å². The lowest BCUT2D eigenvalue weighted by Crippen LogP contribution is -2.56. The van der Waals surface area contributed by atoms with E-state index in [1.165, 1.54) is 13.2 Å². The number of fused-ring (bicyclic) bond motifs is 1. The van der Waals surface area contributed by atoms with Gasteiger partial charge in [-0.1, -0.05) is 6.07 Å². The van der Waals surface area contributed by atoms with Crippen LogP contribution in [-0.2, 0) is 11.3 Å². The number of amides is 1. The van der Waals surface area contributed by atoms with Crippen LogP contribution in [-0.4, -0.2) is 55.0 Å². The van der Waals surface area contributed by atoms with E-state index < -0.39 is 0 Å². The van der Waals surface area contributed by atoms with Crippen molar-refractivity contribution in [2.45, 2.75) is 31.8 Å². The molecule has 2 atom stereocenters. The van der Waals surface area contributed by atoms with Crippen LogP contribution in [0.1, 0.15) is 24.8 Å². The van der Waals surface area contributed by atoms with Crippen molar-refractivity contribution in [3.05, 3.63) is 29.6 Å². The first-order valence-electron chi connectivity index (χ1n) is 8.66. The van der Waals surface area contributed by atoms with Crippen molar-refractivity contribution >= 4 is 30.7 Å². The minimum absolute atomic E-state index is 0. The van der Waals surface area contributed by atoms with Gasteiger partial charge in [0.1, 0.15) is 0 Å². The van der Waals surface area contributed by atoms with Crippen molar-refractivity contribution in [2.24, 2.45) is 11.7 Å². The van der Waals surface area contributed by atoms with Gasteiger partial charge in [0.2, 0.25) is 5.91 Å². The molecule has 26 heavy (non-hydrogen) atoms. The molecule has 1 aromatic carbocycles. The molecule has 0 aromatic heterocycles. The van der Waals surface area contributed by atoms with Gasteiger partial charge in [0.05, 0.1) is 7.11 Å². The van der Waals surface area contributed by atoms with Crippen molar-refractivity contribution in [3.8, 4) is 5.75 Å². The quantitative estimate of drug-likeness (QED) is 0.813. The third-order valence-electron chi connectivity index (χ3n) is 5.22. The standard InChI is InChI=1S/C18H26FN3O2.2ClH/c1-24-17-10-13(2-4-15(17)19)11-21-8-6-16-14(12-21)3-5-18(23)22(16)9-7-20;;/h2,4,10,14,16H,3,5-9,11-12,20H2,1H3;2*1H/t14-,16+;;/m0../s1. The summed E-state index contributed by atoms with van der Waals surface area (Å²) in [5.74, 6) is 0.715. The maximum Gasteiger partial charge on any atom is 0.222 e. The predicted octanol–water partition coefficient (Wildman–Crippen LogP) is 2.45. The summed E-state index contributed by atoms with van der Waals surface area (Å²) < 4.78 is 18.6. The maximum absolute atomic E-state index is 13.5. The summed E-state index contributed by atoms with van der Waals surface area (Å²) in [7, 11) is 1.48. The van der Waals surface area contributed by atoms with Crippen LogP contribution >= 0.6 is 24.8 Å². The lowest BCUT2D eigenvalue weighted by molar-refractivity contribution is -0.141. The molecule has 0 unspecified atom stereocenters. The van der Waals surface area contributed by atoms with E-state index >= 15 is 0 Å². The van der Waals surface area contributed by atoms with E-state index in [0.717, 1.165) is 38.0 Å². The maximum atomic E-state index is 13.5. The molecule has 0 aliphatic carbocycles. The predicted molar refractivity (Wildman–Crippen MR) is 105 cm³/mol. The number of ether oxygens (including phenoxy) is 1. The Morgan fingerprint density at radius 1 is 1.31 bits per heavy atom. The molecule has 1 aromatic rings. The highest BCUT2D eigenvalue weighted by molar-refractivity contribution is 5.85. The number of nitrogens with two attached hydrogens (primary N) is 1. The Bertz CT molecular complexity index is 606. The average molecular weight is 408 g/mol. The number of hydrogen-bond donors (Lipinski definition) is 1. The molecule has 8 heteroatoms. The van der Waals surface area contributed by atoms with Crippen LogP contribution in [0.25, 0.3) is 0 Å². The fourth-order valence-electron chi connectivity index (χ4n) is 4.06. The van der Waals surface area contributed by atoms with Crippen LogP contribution < -0.4 is 10.5 Å². The number of piperidine rings is 2. The third-order valence-corrected chi connectivity index (χ3v) is 5.22. The Morgan fingerprint density at radius 3 is 2.77 bits per heavy atom. The second-order valence-electron chi connectivity index (χ2n) is 6.73. The summed E-state index contributed by atoms with van der Waals surface area (Å²) in [5.41, 5.74) is 6.72. The van der Waals surface area contributed by atoms with Gasteiger partial charge in [0, 0.05) is 45.2 Å². The van der Waals surface area contributed by atoms with Gasteiger partial charge >= 0.3 is 0 Å². The molecule has 5 nitrogen and oxygen atoms in total. The summed E-state index contributed by atoms with van der Waals surface area (Å²) in [4.78, 5) is 16.5. The van der Waals surface area contributed by atoms with Crippen molar-refractivity contribution in [2.75, 3.05) is 33.3 Å². The van der Waals surface area contributed by atoms with Gasteiger partial charge in [-0.3, -0.25) is 9.69 Å². The molecule has 1 amide bonds. The Hall–Kier alpha value is -1.08. The Morgan fingerprint density at radius 2 is 2.08 bits per heavy atom. The van der Waals surface area contributed by atoms with Crippen LogP contribution in [0.4, 0.5) is 4.39 Å². The molecule has 0 radical (unpaired) electrons. The van der Waals surface area contributed by atoms with E-state index in [-0.39, 0.29) is 36.5 Å². The molecular weight excluding hydrogens is 380 g/mol. The number of carbonyl (C=O) groups is 1. The number of benzene rings is 1. The van der Waals surface area contributed by atoms with Crippen LogP contribution in [0.3, 0.4) is 0 Å². The lowest BCUT2D eigenvalue weighted by Gasteiger charge is -2.47. The van der Waals surface area contributed by atoms with Crippen LogP contribution in [0.5, 0.6) is 5.75 Å². The molecule has 2 aliphatic heterocycles. The molecule has 2 aliphatic rings. The first-order valence-corrected chi connectivity index (χ1v) is 8.66. The van der Waals surface area contributed by atoms with Crippen molar-refractivity contribution in [3.63, 3.8) is 0 Å². The number of methoxy groups -OCH3 is 1. The molecule has 2 N–H and O–H groups in total. The van der Waals surface area contributed by atoms with Gasteiger partial charge in [-0.15, -0.1) is 24.8 Å². The minimum atomic E-state index is -0.330. The van der Waals surface area contributed by atoms with E-state index in [2.05, 4.69) is 4.90 Å². The van der Waals surface area contributed by atoms with E-state index in [1.54, 1.807) is 6.07 Å². The molecule has 0 saturated carbocycles. The van der Waals surface area contributed by atoms with Crippen LogP contribution in [0.2, 0.25) is 0 Å². The normalized spacial score (nSPS) is 22.9. The molecule has 0 bridgehead atoms. The minimum Gasteiger partial charge on any atom is -0.494 e. The average Bonchev–Trinajstić information content (AvgIpc) is 2.59. The number of hydrogen-bond acceptors (Lipinski definition) is 4. The largest absolute Gasteiger partial charge is 0.494 e. The molecule has 2 saturated heterocycles. The SMILES string of the molecule is COc1cc(CN2CC[C@@H]3[C@@H](CCC(=O)N3CCN)C2)ccc1F.Cl.Cl. The zero-order valence-corrected chi connectivity index (χ0v) is 16.7.